The molecule has 3 rings (SSSR count). The van der Waals surface area contributed by atoms with Crippen molar-refractivity contribution in [2.75, 3.05) is 20.3 Å². The maximum absolute atomic E-state index is 12.8. The molecule has 156 valence electrons. The van der Waals surface area contributed by atoms with Crippen LogP contribution in [0.2, 0.25) is 0 Å². The molecule has 0 heterocycles. The Balaban J connectivity index is 1.52. The van der Waals surface area contributed by atoms with Crippen molar-refractivity contribution in [1.82, 2.24) is 10.6 Å². The van der Waals surface area contributed by atoms with Crippen molar-refractivity contribution in [2.45, 2.75) is 19.0 Å². The Morgan fingerprint density at radius 1 is 0.833 bits per heavy atom. The summed E-state index contributed by atoms with van der Waals surface area (Å²) in [5, 5.41) is 6.39. The maximum Gasteiger partial charge on any atom is 0.237 e. The average molecular weight is 405 g/mol. The highest BCUT2D eigenvalue weighted by molar-refractivity contribution is 5.82. The Bertz CT molecular complexity index is 859. The quantitative estimate of drug-likeness (QED) is 0.502. The second-order valence-corrected chi connectivity index (χ2v) is 6.96. The lowest BCUT2D eigenvalue weighted by molar-refractivity contribution is -0.123. The lowest BCUT2D eigenvalue weighted by atomic mass is 9.98. The van der Waals surface area contributed by atoms with E-state index < -0.39 is 0 Å². The highest BCUT2D eigenvalue weighted by Gasteiger charge is 2.20. The first-order valence-corrected chi connectivity index (χ1v) is 10.1. The molecule has 0 fully saturated rings. The molecule has 0 saturated carbocycles. The van der Waals surface area contributed by atoms with Crippen molar-refractivity contribution in [3.05, 3.63) is 96.1 Å². The van der Waals surface area contributed by atoms with Gasteiger partial charge in [-0.15, -0.1) is 0 Å². The van der Waals surface area contributed by atoms with Crippen molar-refractivity contribution in [1.29, 1.82) is 0 Å². The molecule has 3 aromatic carbocycles. The van der Waals surface area contributed by atoms with Crippen molar-refractivity contribution in [3.8, 4) is 11.5 Å². The van der Waals surface area contributed by atoms with E-state index in [4.69, 9.17) is 9.47 Å². The number of carbonyl (C=O) groups excluding carboxylic acids is 1. The fraction of sp³-hybridized carbons (Fsp3) is 0.240. The van der Waals surface area contributed by atoms with Gasteiger partial charge in [0.05, 0.1) is 19.2 Å². The van der Waals surface area contributed by atoms with Crippen LogP contribution in [0.15, 0.2) is 84.9 Å². The number of nitrogens with one attached hydrogen (secondary N) is 2. The van der Waals surface area contributed by atoms with Crippen LogP contribution in [0.4, 0.5) is 0 Å². The molecule has 0 aliphatic rings. The number of benzene rings is 3. The minimum absolute atomic E-state index is 0.0582. The first kappa shape index (κ1) is 21.4. The number of methoxy groups -OCH3 is 1. The van der Waals surface area contributed by atoms with Crippen molar-refractivity contribution < 1.29 is 14.3 Å². The summed E-state index contributed by atoms with van der Waals surface area (Å²) in [6, 6.07) is 26.9. The largest absolute Gasteiger partial charge is 0.497 e. The molecule has 3 aromatic rings. The first-order chi connectivity index (χ1) is 14.7. The fourth-order valence-corrected chi connectivity index (χ4v) is 3.13. The summed E-state index contributed by atoms with van der Waals surface area (Å²) >= 11 is 0. The molecule has 1 atom stereocenters. The van der Waals surface area contributed by atoms with Crippen LogP contribution < -0.4 is 20.1 Å². The summed E-state index contributed by atoms with van der Waals surface area (Å²) in [4.78, 5) is 12.8. The smallest absolute Gasteiger partial charge is 0.237 e. The topological polar surface area (TPSA) is 59.6 Å². The zero-order valence-electron chi connectivity index (χ0n) is 17.4. The van der Waals surface area contributed by atoms with E-state index in [0.29, 0.717) is 13.2 Å². The number of hydrogen-bond donors (Lipinski definition) is 2. The van der Waals surface area contributed by atoms with Gasteiger partial charge in [-0.25, -0.2) is 0 Å². The zero-order chi connectivity index (χ0) is 21.2. The molecule has 0 spiro atoms. The summed E-state index contributed by atoms with van der Waals surface area (Å²) in [6.07, 6.45) is 0. The van der Waals surface area contributed by atoms with Crippen molar-refractivity contribution in [3.63, 3.8) is 0 Å². The molecule has 0 aromatic heterocycles. The van der Waals surface area contributed by atoms with Gasteiger partial charge >= 0.3 is 0 Å². The fourth-order valence-electron chi connectivity index (χ4n) is 3.13. The number of ether oxygens (including phenoxy) is 2. The van der Waals surface area contributed by atoms with Crippen LogP contribution in [0.5, 0.6) is 11.5 Å². The minimum atomic E-state index is -0.348. The number of rotatable bonds is 10. The summed E-state index contributed by atoms with van der Waals surface area (Å²) in [6.45, 7) is 2.88. The highest BCUT2D eigenvalue weighted by atomic mass is 16.5. The molecule has 1 amide bonds. The van der Waals surface area contributed by atoms with Gasteiger partial charge in [0.1, 0.15) is 18.1 Å². The third kappa shape index (κ3) is 6.09. The van der Waals surface area contributed by atoms with Crippen molar-refractivity contribution in [2.24, 2.45) is 0 Å². The SMILES string of the molecule is COc1ccc(OCCN[C@@H](C)C(=O)NC(c2ccccc2)c2ccccc2)cc1. The number of amides is 1. The predicted octanol–water partition coefficient (Wildman–Crippen LogP) is 3.96. The van der Waals surface area contributed by atoms with Crippen LogP contribution in [0.1, 0.15) is 24.1 Å². The Labute approximate surface area is 178 Å². The molecule has 0 bridgehead atoms. The molecule has 0 saturated heterocycles. The summed E-state index contributed by atoms with van der Waals surface area (Å²) in [5.74, 6) is 1.50. The van der Waals surface area contributed by atoms with E-state index >= 15 is 0 Å². The normalized spacial score (nSPS) is 11.7. The summed E-state index contributed by atoms with van der Waals surface area (Å²) < 4.78 is 10.8. The number of hydrogen-bond acceptors (Lipinski definition) is 4. The Kier molecular flexibility index (Phi) is 7.86. The van der Waals surface area contributed by atoms with Gasteiger partial charge in [-0.05, 0) is 42.3 Å². The third-order valence-electron chi connectivity index (χ3n) is 4.83. The molecular formula is C25H28N2O3. The molecule has 0 unspecified atom stereocenters. The van der Waals surface area contributed by atoms with E-state index in [1.54, 1.807) is 7.11 Å². The second-order valence-electron chi connectivity index (χ2n) is 6.96. The van der Waals surface area contributed by atoms with E-state index in [9.17, 15) is 4.79 Å². The number of carbonyl (C=O) groups is 1. The van der Waals surface area contributed by atoms with Gasteiger partial charge in [0.25, 0.3) is 0 Å². The van der Waals surface area contributed by atoms with Crippen LogP contribution >= 0.6 is 0 Å². The first-order valence-electron chi connectivity index (χ1n) is 10.1. The summed E-state index contributed by atoms with van der Waals surface area (Å²) in [7, 11) is 1.63. The maximum atomic E-state index is 12.8. The highest BCUT2D eigenvalue weighted by Crippen LogP contribution is 2.22. The van der Waals surface area contributed by atoms with Crippen molar-refractivity contribution >= 4 is 5.91 Å². The van der Waals surface area contributed by atoms with Gasteiger partial charge in [0.15, 0.2) is 0 Å². The van der Waals surface area contributed by atoms with E-state index in [2.05, 4.69) is 10.6 Å². The lowest BCUT2D eigenvalue weighted by Gasteiger charge is -2.22. The molecule has 5 nitrogen and oxygen atoms in total. The lowest BCUT2D eigenvalue weighted by Crippen LogP contribution is -2.44. The van der Waals surface area contributed by atoms with Crippen LogP contribution in [-0.2, 0) is 4.79 Å². The second kappa shape index (κ2) is 11.0. The molecular weight excluding hydrogens is 376 g/mol. The molecule has 0 aliphatic carbocycles. The Hall–Kier alpha value is -3.31. The zero-order valence-corrected chi connectivity index (χ0v) is 17.4. The standard InChI is InChI=1S/C25H28N2O3/c1-19(26-17-18-30-23-15-13-22(29-2)14-16-23)25(28)27-24(20-9-5-3-6-10-20)21-11-7-4-8-12-21/h3-16,19,24,26H,17-18H2,1-2H3,(H,27,28)/t19-/m0/s1. The van der Waals surface area contributed by atoms with E-state index in [1.807, 2.05) is 91.9 Å². The summed E-state index contributed by atoms with van der Waals surface area (Å²) in [5.41, 5.74) is 2.10. The van der Waals surface area contributed by atoms with Gasteiger partial charge in [0, 0.05) is 6.54 Å². The van der Waals surface area contributed by atoms with Gasteiger partial charge in [-0.3, -0.25) is 4.79 Å². The molecule has 5 heteroatoms. The van der Waals surface area contributed by atoms with Gasteiger partial charge in [-0.2, -0.15) is 0 Å². The predicted molar refractivity (Wildman–Crippen MR) is 119 cm³/mol. The van der Waals surface area contributed by atoms with Crippen LogP contribution in [0.25, 0.3) is 0 Å². The van der Waals surface area contributed by atoms with Crippen LogP contribution in [-0.4, -0.2) is 32.2 Å². The van der Waals surface area contributed by atoms with Crippen LogP contribution in [0.3, 0.4) is 0 Å². The van der Waals surface area contributed by atoms with Gasteiger partial charge in [-0.1, -0.05) is 60.7 Å². The molecule has 2 N–H and O–H groups in total. The molecule has 0 radical (unpaired) electrons. The van der Waals surface area contributed by atoms with Gasteiger partial charge < -0.3 is 20.1 Å². The average Bonchev–Trinajstić information content (AvgIpc) is 2.81. The third-order valence-corrected chi connectivity index (χ3v) is 4.83. The molecule has 0 aliphatic heterocycles. The van der Waals surface area contributed by atoms with Crippen LogP contribution in [0, 0.1) is 0 Å². The Morgan fingerprint density at radius 2 is 1.37 bits per heavy atom. The Morgan fingerprint density at radius 3 is 1.90 bits per heavy atom. The van der Waals surface area contributed by atoms with E-state index in [-0.39, 0.29) is 18.0 Å². The van der Waals surface area contributed by atoms with E-state index in [0.717, 1.165) is 22.6 Å². The van der Waals surface area contributed by atoms with E-state index in [1.165, 1.54) is 0 Å². The van der Waals surface area contributed by atoms with Gasteiger partial charge in [0.2, 0.25) is 5.91 Å². The minimum Gasteiger partial charge on any atom is -0.497 e. The monoisotopic (exact) mass is 404 g/mol. The molecule has 30 heavy (non-hydrogen) atoms.